The molecule has 0 bridgehead atoms. The lowest BCUT2D eigenvalue weighted by molar-refractivity contribution is 0.526. The summed E-state index contributed by atoms with van der Waals surface area (Å²) in [6.45, 7) is 0. The van der Waals surface area contributed by atoms with Crippen LogP contribution in [0, 0.1) is 0 Å². The quantitative estimate of drug-likeness (QED) is 0.376. The molecule has 0 atom stereocenters. The van der Waals surface area contributed by atoms with Gasteiger partial charge in [0, 0.05) is 11.6 Å². The Bertz CT molecular complexity index is 1240. The van der Waals surface area contributed by atoms with E-state index in [1.54, 1.807) is 6.07 Å². The van der Waals surface area contributed by atoms with Gasteiger partial charge in [0.1, 0.15) is 5.76 Å². The summed E-state index contributed by atoms with van der Waals surface area (Å²) in [5, 5.41) is 4.61. The van der Waals surface area contributed by atoms with Crippen molar-refractivity contribution >= 4 is 21.5 Å². The van der Waals surface area contributed by atoms with Crippen molar-refractivity contribution in [3.8, 4) is 22.5 Å². The minimum absolute atomic E-state index is 0.344. The van der Waals surface area contributed by atoms with Gasteiger partial charge in [-0.05, 0) is 50.9 Å². The van der Waals surface area contributed by atoms with Gasteiger partial charge in [-0.2, -0.15) is 0 Å². The van der Waals surface area contributed by atoms with Gasteiger partial charge in [-0.25, -0.2) is 4.79 Å². The maximum absolute atomic E-state index is 12.2. The number of fused-ring (bicyclic) bond motifs is 2. The van der Waals surface area contributed by atoms with Crippen molar-refractivity contribution in [3.63, 3.8) is 0 Å². The lowest BCUT2D eigenvalue weighted by atomic mass is 10.00. The van der Waals surface area contributed by atoms with Crippen LogP contribution < -0.4 is 5.63 Å². The smallest absolute Gasteiger partial charge is 0.336 e. The molecule has 1 heterocycles. The van der Waals surface area contributed by atoms with Gasteiger partial charge in [-0.3, -0.25) is 0 Å². The van der Waals surface area contributed by atoms with Crippen molar-refractivity contribution in [2.24, 2.45) is 0 Å². The zero-order chi connectivity index (χ0) is 18.2. The first kappa shape index (κ1) is 15.6. The minimum Gasteiger partial charge on any atom is -0.423 e. The van der Waals surface area contributed by atoms with Crippen molar-refractivity contribution in [1.29, 1.82) is 0 Å². The van der Waals surface area contributed by atoms with E-state index in [2.05, 4.69) is 42.5 Å². The van der Waals surface area contributed by atoms with Crippen LogP contribution >= 0.6 is 0 Å². The molecule has 0 amide bonds. The maximum Gasteiger partial charge on any atom is 0.336 e. The highest BCUT2D eigenvalue weighted by atomic mass is 16.4. The van der Waals surface area contributed by atoms with Crippen LogP contribution in [-0.4, -0.2) is 0 Å². The number of rotatable bonds is 2. The summed E-state index contributed by atoms with van der Waals surface area (Å²) in [7, 11) is 0. The van der Waals surface area contributed by atoms with Crippen LogP contribution in [0.15, 0.2) is 106 Å². The molecule has 0 aliphatic rings. The van der Waals surface area contributed by atoms with Crippen molar-refractivity contribution in [2.75, 3.05) is 0 Å². The molecule has 0 saturated heterocycles. The number of hydrogen-bond donors (Lipinski definition) is 0. The van der Waals surface area contributed by atoms with Crippen LogP contribution in [-0.2, 0) is 0 Å². The van der Waals surface area contributed by atoms with Gasteiger partial charge in [0.2, 0.25) is 0 Å². The van der Waals surface area contributed by atoms with E-state index in [4.69, 9.17) is 4.42 Å². The molecular formula is C25H16O2. The van der Waals surface area contributed by atoms with Crippen molar-refractivity contribution < 1.29 is 4.42 Å². The van der Waals surface area contributed by atoms with E-state index in [0.29, 0.717) is 5.76 Å². The van der Waals surface area contributed by atoms with Crippen LogP contribution in [0.25, 0.3) is 44.0 Å². The molecule has 1 aromatic heterocycles. The van der Waals surface area contributed by atoms with Crippen LogP contribution in [0.1, 0.15) is 0 Å². The Hall–Kier alpha value is -3.65. The summed E-state index contributed by atoms with van der Waals surface area (Å²) in [5.74, 6) is 0.580. The van der Waals surface area contributed by atoms with Crippen molar-refractivity contribution in [2.45, 2.75) is 0 Å². The largest absolute Gasteiger partial charge is 0.423 e. The predicted molar refractivity (Wildman–Crippen MR) is 111 cm³/mol. The summed E-state index contributed by atoms with van der Waals surface area (Å²) in [5.41, 5.74) is 2.42. The Morgan fingerprint density at radius 2 is 1.04 bits per heavy atom. The standard InChI is InChI=1S/C25H16O2/c26-25-16-23(21-11-9-17-5-1-3-7-19(17)13-21)15-24(27-25)22-12-10-18-6-2-4-8-20(18)14-22/h1-16H. The summed E-state index contributed by atoms with van der Waals surface area (Å²) in [6.07, 6.45) is 0. The van der Waals surface area contributed by atoms with Crippen molar-refractivity contribution in [1.82, 2.24) is 0 Å². The Morgan fingerprint density at radius 1 is 0.481 bits per heavy atom. The molecule has 2 heteroatoms. The summed E-state index contributed by atoms with van der Waals surface area (Å²) in [4.78, 5) is 12.2. The van der Waals surface area contributed by atoms with E-state index >= 15 is 0 Å². The molecular weight excluding hydrogens is 332 g/mol. The Kier molecular flexibility index (Phi) is 3.61. The first-order valence-corrected chi connectivity index (χ1v) is 8.90. The maximum atomic E-state index is 12.2. The molecule has 0 saturated carbocycles. The van der Waals surface area contributed by atoms with Crippen molar-refractivity contribution in [3.05, 3.63) is 107 Å². The average molecular weight is 348 g/mol. The van der Waals surface area contributed by atoms with Gasteiger partial charge < -0.3 is 4.42 Å². The van der Waals surface area contributed by atoms with Crippen LogP contribution in [0.5, 0.6) is 0 Å². The summed E-state index contributed by atoms with van der Waals surface area (Å²) < 4.78 is 5.51. The zero-order valence-electron chi connectivity index (χ0n) is 14.6. The highest BCUT2D eigenvalue weighted by Crippen LogP contribution is 2.29. The first-order valence-electron chi connectivity index (χ1n) is 8.90. The molecule has 5 aromatic rings. The topological polar surface area (TPSA) is 30.2 Å². The second-order valence-electron chi connectivity index (χ2n) is 6.65. The fraction of sp³-hybridized carbons (Fsp3) is 0. The third-order valence-electron chi connectivity index (χ3n) is 4.89. The highest BCUT2D eigenvalue weighted by Gasteiger charge is 2.08. The first-order chi connectivity index (χ1) is 13.3. The lowest BCUT2D eigenvalue weighted by Gasteiger charge is -2.07. The molecule has 4 aromatic carbocycles. The summed E-state index contributed by atoms with van der Waals surface area (Å²) >= 11 is 0. The Morgan fingerprint density at radius 3 is 1.70 bits per heavy atom. The highest BCUT2D eigenvalue weighted by molar-refractivity contribution is 5.89. The monoisotopic (exact) mass is 348 g/mol. The second-order valence-corrected chi connectivity index (χ2v) is 6.65. The normalized spacial score (nSPS) is 11.1. The fourth-order valence-electron chi connectivity index (χ4n) is 3.50. The fourth-order valence-corrected chi connectivity index (χ4v) is 3.50. The average Bonchev–Trinajstić information content (AvgIpc) is 2.72. The Balaban J connectivity index is 1.66. The van der Waals surface area contributed by atoms with Crippen LogP contribution in [0.3, 0.4) is 0 Å². The number of hydrogen-bond acceptors (Lipinski definition) is 2. The molecule has 0 radical (unpaired) electrons. The molecule has 0 aliphatic carbocycles. The molecule has 5 rings (SSSR count). The van der Waals surface area contributed by atoms with Gasteiger partial charge in [-0.1, -0.05) is 72.8 Å². The molecule has 128 valence electrons. The van der Waals surface area contributed by atoms with Gasteiger partial charge in [0.15, 0.2) is 0 Å². The van der Waals surface area contributed by atoms with Crippen LogP contribution in [0.4, 0.5) is 0 Å². The molecule has 0 fully saturated rings. The Labute approximate surface area is 156 Å². The zero-order valence-corrected chi connectivity index (χ0v) is 14.6. The van der Waals surface area contributed by atoms with E-state index in [-0.39, 0.29) is 5.63 Å². The van der Waals surface area contributed by atoms with E-state index < -0.39 is 0 Å². The third kappa shape index (κ3) is 2.91. The van der Waals surface area contributed by atoms with E-state index in [1.165, 1.54) is 5.39 Å². The molecule has 0 unspecified atom stereocenters. The molecule has 0 N–H and O–H groups in total. The lowest BCUT2D eigenvalue weighted by Crippen LogP contribution is -1.98. The molecule has 0 spiro atoms. The third-order valence-corrected chi connectivity index (χ3v) is 4.89. The van der Waals surface area contributed by atoms with E-state index in [9.17, 15) is 4.79 Å². The van der Waals surface area contributed by atoms with Gasteiger partial charge in [-0.15, -0.1) is 0 Å². The van der Waals surface area contributed by atoms with Gasteiger partial charge >= 0.3 is 5.63 Å². The van der Waals surface area contributed by atoms with Gasteiger partial charge in [0.25, 0.3) is 0 Å². The molecule has 27 heavy (non-hydrogen) atoms. The molecule has 2 nitrogen and oxygen atoms in total. The van der Waals surface area contributed by atoms with E-state index in [0.717, 1.165) is 32.8 Å². The summed E-state index contributed by atoms with van der Waals surface area (Å²) in [6, 6.07) is 32.2. The van der Waals surface area contributed by atoms with Gasteiger partial charge in [0.05, 0.1) is 0 Å². The minimum atomic E-state index is -0.344. The number of benzene rings is 4. The second kappa shape index (κ2) is 6.26. The predicted octanol–water partition coefficient (Wildman–Crippen LogP) is 6.28. The SMILES string of the molecule is O=c1cc(-c2ccc3ccccc3c2)cc(-c2ccc3ccccc3c2)o1. The van der Waals surface area contributed by atoms with Crippen LogP contribution in [0.2, 0.25) is 0 Å². The molecule has 0 aliphatic heterocycles. The van der Waals surface area contributed by atoms with E-state index in [1.807, 2.05) is 48.5 Å².